The number of ether oxygens (including phenoxy) is 4. The highest BCUT2D eigenvalue weighted by atomic mass is 16.8. The molecule has 5 nitrogen and oxygen atoms in total. The Bertz CT molecular complexity index is 580. The second-order valence-electron chi connectivity index (χ2n) is 6.30. The molecule has 0 radical (unpaired) electrons. The molecule has 2 aliphatic heterocycles. The predicted molar refractivity (Wildman–Crippen MR) is 83.5 cm³/mol. The summed E-state index contributed by atoms with van der Waals surface area (Å²) in [5.41, 5.74) is 1.07. The molecule has 0 spiro atoms. The third kappa shape index (κ3) is 3.87. The van der Waals surface area contributed by atoms with Crippen LogP contribution in [0, 0.1) is 0 Å². The van der Waals surface area contributed by atoms with Crippen LogP contribution in [0.15, 0.2) is 42.5 Å². The van der Waals surface area contributed by atoms with Gasteiger partial charge in [0.05, 0.1) is 6.61 Å². The second kappa shape index (κ2) is 6.53. The van der Waals surface area contributed by atoms with Crippen LogP contribution < -0.4 is 0 Å². The zero-order valence-electron chi connectivity index (χ0n) is 13.6. The van der Waals surface area contributed by atoms with E-state index >= 15 is 0 Å². The lowest BCUT2D eigenvalue weighted by atomic mass is 10.1. The van der Waals surface area contributed by atoms with Crippen molar-refractivity contribution in [1.82, 2.24) is 0 Å². The minimum Gasteiger partial charge on any atom is -0.368 e. The number of ketones is 1. The lowest BCUT2D eigenvalue weighted by Crippen LogP contribution is -2.36. The van der Waals surface area contributed by atoms with Crippen molar-refractivity contribution in [3.05, 3.63) is 48.0 Å². The van der Waals surface area contributed by atoms with Gasteiger partial charge in [0.25, 0.3) is 0 Å². The molecule has 0 saturated carbocycles. The van der Waals surface area contributed by atoms with E-state index in [0.717, 1.165) is 5.56 Å². The van der Waals surface area contributed by atoms with Crippen LogP contribution in [0.5, 0.6) is 0 Å². The summed E-state index contributed by atoms with van der Waals surface area (Å²) in [6.45, 7) is 5.65. The molecule has 0 amide bonds. The van der Waals surface area contributed by atoms with E-state index in [4.69, 9.17) is 18.9 Å². The van der Waals surface area contributed by atoms with Gasteiger partial charge in [0.15, 0.2) is 17.9 Å². The summed E-state index contributed by atoms with van der Waals surface area (Å²) >= 11 is 0. The van der Waals surface area contributed by atoms with Gasteiger partial charge in [0.1, 0.15) is 18.3 Å². The van der Waals surface area contributed by atoms with Gasteiger partial charge in [-0.25, -0.2) is 0 Å². The van der Waals surface area contributed by atoms with Crippen molar-refractivity contribution >= 4 is 5.78 Å². The predicted octanol–water partition coefficient (Wildman–Crippen LogP) is 2.59. The molecule has 1 aromatic rings. The summed E-state index contributed by atoms with van der Waals surface area (Å²) in [7, 11) is 0. The van der Waals surface area contributed by atoms with Crippen molar-refractivity contribution < 1.29 is 23.7 Å². The number of fused-ring (bicyclic) bond motifs is 1. The first-order chi connectivity index (χ1) is 10.9. The molecule has 2 aliphatic rings. The Morgan fingerprint density at radius 1 is 1.26 bits per heavy atom. The maximum Gasteiger partial charge on any atom is 0.190 e. The Kier molecular flexibility index (Phi) is 4.64. The van der Waals surface area contributed by atoms with Gasteiger partial charge in [-0.05, 0) is 38.5 Å². The van der Waals surface area contributed by atoms with Gasteiger partial charge in [-0.2, -0.15) is 0 Å². The van der Waals surface area contributed by atoms with Gasteiger partial charge in [-0.1, -0.05) is 30.3 Å². The number of rotatable bonds is 5. The second-order valence-corrected chi connectivity index (χ2v) is 6.30. The molecular formula is C18H22O5. The topological polar surface area (TPSA) is 54.0 Å². The fraction of sp³-hybridized carbons (Fsp3) is 0.500. The third-order valence-corrected chi connectivity index (χ3v) is 3.83. The van der Waals surface area contributed by atoms with Crippen molar-refractivity contribution in [1.29, 1.82) is 0 Å². The van der Waals surface area contributed by atoms with E-state index in [0.29, 0.717) is 6.61 Å². The maximum absolute atomic E-state index is 11.2. The fourth-order valence-corrected chi connectivity index (χ4v) is 2.85. The number of hydrogen-bond acceptors (Lipinski definition) is 5. The average molecular weight is 318 g/mol. The van der Waals surface area contributed by atoms with Crippen molar-refractivity contribution in [2.24, 2.45) is 0 Å². The molecule has 1 aromatic carbocycles. The Balaban J connectivity index is 1.72. The summed E-state index contributed by atoms with van der Waals surface area (Å²) in [6, 6.07) is 9.91. The minimum atomic E-state index is -0.695. The molecule has 0 aromatic heterocycles. The van der Waals surface area contributed by atoms with Crippen LogP contribution in [0.4, 0.5) is 0 Å². The molecular weight excluding hydrogens is 296 g/mol. The molecule has 0 bridgehead atoms. The lowest BCUT2D eigenvalue weighted by Gasteiger charge is -2.24. The molecule has 0 aliphatic carbocycles. The Labute approximate surface area is 136 Å². The normalized spacial score (nSPS) is 32.3. The molecule has 124 valence electrons. The Hall–Kier alpha value is -1.53. The number of allylic oxidation sites excluding steroid dienone is 1. The summed E-state index contributed by atoms with van der Waals surface area (Å²) in [4.78, 5) is 11.2. The highest BCUT2D eigenvalue weighted by Gasteiger charge is 2.54. The van der Waals surface area contributed by atoms with Crippen molar-refractivity contribution in [2.45, 2.75) is 57.8 Å². The van der Waals surface area contributed by atoms with E-state index in [-0.39, 0.29) is 24.1 Å². The standard InChI is InChI=1S/C18H22O5/c1-12(19)9-10-14-15(20-11-13-7-5-4-6-8-13)16-17(21-14)23-18(2,3)22-16/h4-10,14-17H,11H2,1-3H3/b10-9+/t14-,15-,16-,17-/m1/s1. The highest BCUT2D eigenvalue weighted by molar-refractivity contribution is 5.87. The number of carbonyl (C=O) groups is 1. The first-order valence-corrected chi connectivity index (χ1v) is 7.80. The van der Waals surface area contributed by atoms with Crippen molar-refractivity contribution in [2.75, 3.05) is 0 Å². The summed E-state index contributed by atoms with van der Waals surface area (Å²) in [6.07, 6.45) is 1.74. The van der Waals surface area contributed by atoms with E-state index in [1.165, 1.54) is 13.0 Å². The third-order valence-electron chi connectivity index (χ3n) is 3.83. The van der Waals surface area contributed by atoms with Gasteiger partial charge < -0.3 is 18.9 Å². The minimum absolute atomic E-state index is 0.0327. The van der Waals surface area contributed by atoms with Crippen LogP contribution >= 0.6 is 0 Å². The quantitative estimate of drug-likeness (QED) is 0.781. The molecule has 5 heteroatoms. The monoisotopic (exact) mass is 318 g/mol. The fourth-order valence-electron chi connectivity index (χ4n) is 2.85. The van der Waals surface area contributed by atoms with Crippen LogP contribution in [-0.4, -0.2) is 36.2 Å². The molecule has 4 atom stereocenters. The van der Waals surface area contributed by atoms with E-state index in [1.807, 2.05) is 44.2 Å². The SMILES string of the molecule is CC(=O)/C=C/[C@H]1O[C@@H]2OC(C)(C)O[C@@H]2[C@@H]1OCc1ccccc1. The zero-order valence-corrected chi connectivity index (χ0v) is 13.6. The van der Waals surface area contributed by atoms with Crippen molar-refractivity contribution in [3.8, 4) is 0 Å². The first-order valence-electron chi connectivity index (χ1n) is 7.80. The number of hydrogen-bond donors (Lipinski definition) is 0. The van der Waals surface area contributed by atoms with Gasteiger partial charge in [0.2, 0.25) is 0 Å². The Morgan fingerprint density at radius 2 is 2.00 bits per heavy atom. The van der Waals surface area contributed by atoms with E-state index in [9.17, 15) is 4.79 Å². The van der Waals surface area contributed by atoms with E-state index in [2.05, 4.69) is 0 Å². The zero-order chi connectivity index (χ0) is 16.4. The molecule has 2 fully saturated rings. The molecule has 3 rings (SSSR count). The van der Waals surface area contributed by atoms with Crippen LogP contribution in [0.2, 0.25) is 0 Å². The van der Waals surface area contributed by atoms with Crippen LogP contribution in [0.1, 0.15) is 26.3 Å². The Morgan fingerprint density at radius 3 is 2.70 bits per heavy atom. The van der Waals surface area contributed by atoms with Crippen LogP contribution in [0.25, 0.3) is 0 Å². The highest BCUT2D eigenvalue weighted by Crippen LogP contribution is 2.39. The molecule has 23 heavy (non-hydrogen) atoms. The summed E-state index contributed by atoms with van der Waals surface area (Å²) in [5, 5.41) is 0. The summed E-state index contributed by atoms with van der Waals surface area (Å²) < 4.78 is 23.6. The van der Waals surface area contributed by atoms with Crippen LogP contribution in [-0.2, 0) is 30.3 Å². The van der Waals surface area contributed by atoms with Crippen molar-refractivity contribution in [3.63, 3.8) is 0 Å². The van der Waals surface area contributed by atoms with E-state index in [1.54, 1.807) is 6.08 Å². The number of benzene rings is 1. The maximum atomic E-state index is 11.2. The first kappa shape index (κ1) is 16.3. The van der Waals surface area contributed by atoms with Gasteiger partial charge >= 0.3 is 0 Å². The molecule has 0 unspecified atom stereocenters. The molecule has 2 saturated heterocycles. The average Bonchev–Trinajstić information content (AvgIpc) is 2.95. The largest absolute Gasteiger partial charge is 0.368 e. The summed E-state index contributed by atoms with van der Waals surface area (Å²) in [5.74, 6) is -0.728. The van der Waals surface area contributed by atoms with Crippen LogP contribution in [0.3, 0.4) is 0 Å². The smallest absolute Gasteiger partial charge is 0.190 e. The van der Waals surface area contributed by atoms with Gasteiger partial charge in [-0.3, -0.25) is 4.79 Å². The number of carbonyl (C=O) groups excluding carboxylic acids is 1. The lowest BCUT2D eigenvalue weighted by molar-refractivity contribution is -0.213. The molecule has 0 N–H and O–H groups in total. The van der Waals surface area contributed by atoms with Gasteiger partial charge in [-0.15, -0.1) is 0 Å². The van der Waals surface area contributed by atoms with E-state index < -0.39 is 12.1 Å². The van der Waals surface area contributed by atoms with Gasteiger partial charge in [0, 0.05) is 0 Å². The molecule has 2 heterocycles.